The number of nitrogens with one attached hydrogen (secondary N) is 1. The second-order valence-corrected chi connectivity index (χ2v) is 3.57. The van der Waals surface area contributed by atoms with Gasteiger partial charge < -0.3 is 5.32 Å². The van der Waals surface area contributed by atoms with Crippen LogP contribution in [0.4, 0.5) is 0 Å². The maximum atomic E-state index is 4.49. The molecule has 0 bridgehead atoms. The van der Waals surface area contributed by atoms with Crippen molar-refractivity contribution in [3.05, 3.63) is 30.4 Å². The van der Waals surface area contributed by atoms with Crippen LogP contribution in [0.15, 0.2) is 24.5 Å². The van der Waals surface area contributed by atoms with E-state index in [1.54, 1.807) is 12.4 Å². The maximum absolute atomic E-state index is 4.49. The van der Waals surface area contributed by atoms with Gasteiger partial charge >= 0.3 is 0 Å². The van der Waals surface area contributed by atoms with Crippen LogP contribution >= 0.6 is 0 Å². The first-order valence-electron chi connectivity index (χ1n) is 5.26. The molecule has 0 aromatic carbocycles. The number of likely N-dealkylation sites (N-methyl/N-ethyl adjacent to an activating group) is 1. The molecule has 0 saturated carbocycles. The van der Waals surface area contributed by atoms with Crippen LogP contribution in [0.2, 0.25) is 0 Å². The zero-order chi connectivity index (χ0) is 11.4. The molecule has 0 amide bonds. The van der Waals surface area contributed by atoms with Crippen LogP contribution < -0.4 is 5.32 Å². The van der Waals surface area contributed by atoms with E-state index in [0.29, 0.717) is 0 Å². The average molecular weight is 217 g/mol. The molecule has 0 fully saturated rings. The summed E-state index contributed by atoms with van der Waals surface area (Å²) in [7, 11) is 3.84. The van der Waals surface area contributed by atoms with Gasteiger partial charge in [0.25, 0.3) is 0 Å². The molecule has 2 rings (SSSR count). The Kier molecular flexibility index (Phi) is 3.26. The molecule has 0 aliphatic carbocycles. The van der Waals surface area contributed by atoms with Crippen LogP contribution in [0.5, 0.6) is 0 Å². The number of rotatable bonds is 4. The molecule has 16 heavy (non-hydrogen) atoms. The first kappa shape index (κ1) is 10.8. The number of hydrogen-bond acceptors (Lipinski definition) is 4. The predicted molar refractivity (Wildman–Crippen MR) is 61.9 cm³/mol. The van der Waals surface area contributed by atoms with Gasteiger partial charge in [0.05, 0.1) is 0 Å². The van der Waals surface area contributed by atoms with Gasteiger partial charge in [-0.05, 0) is 19.2 Å². The van der Waals surface area contributed by atoms with Crippen LogP contribution in [0.3, 0.4) is 0 Å². The summed E-state index contributed by atoms with van der Waals surface area (Å²) in [4.78, 5) is 8.55. The molecule has 2 aromatic rings. The monoisotopic (exact) mass is 217 g/mol. The topological polar surface area (TPSA) is 55.6 Å². The van der Waals surface area contributed by atoms with Crippen molar-refractivity contribution in [2.45, 2.75) is 6.42 Å². The largest absolute Gasteiger partial charge is 0.319 e. The molecule has 0 spiro atoms. The van der Waals surface area contributed by atoms with Crippen molar-refractivity contribution in [2.75, 3.05) is 13.6 Å². The third-order valence-corrected chi connectivity index (χ3v) is 2.37. The molecule has 0 saturated heterocycles. The Morgan fingerprint density at radius 1 is 1.44 bits per heavy atom. The van der Waals surface area contributed by atoms with Gasteiger partial charge in [-0.15, -0.1) is 0 Å². The summed E-state index contributed by atoms with van der Waals surface area (Å²) in [6.45, 7) is 0.902. The lowest BCUT2D eigenvalue weighted by Gasteiger charge is -1.97. The van der Waals surface area contributed by atoms with E-state index in [4.69, 9.17) is 0 Å². The number of hydrogen-bond donors (Lipinski definition) is 1. The molecular weight excluding hydrogens is 202 g/mol. The van der Waals surface area contributed by atoms with Crippen LogP contribution in [0.1, 0.15) is 5.82 Å². The van der Waals surface area contributed by atoms with E-state index in [1.807, 2.05) is 30.9 Å². The molecule has 0 unspecified atom stereocenters. The molecule has 1 N–H and O–H groups in total. The molecule has 84 valence electrons. The summed E-state index contributed by atoms with van der Waals surface area (Å²) in [5.74, 6) is 1.72. The number of pyridine rings is 1. The summed E-state index contributed by atoms with van der Waals surface area (Å²) in [6, 6.07) is 3.85. The van der Waals surface area contributed by atoms with E-state index in [2.05, 4.69) is 20.4 Å². The van der Waals surface area contributed by atoms with Gasteiger partial charge in [0.1, 0.15) is 5.82 Å². The molecule has 0 aliphatic heterocycles. The Labute approximate surface area is 94.5 Å². The molecule has 5 heteroatoms. The third-order valence-electron chi connectivity index (χ3n) is 2.37. The fraction of sp³-hybridized carbons (Fsp3) is 0.364. The first-order chi connectivity index (χ1) is 7.81. The van der Waals surface area contributed by atoms with Crippen molar-refractivity contribution in [1.29, 1.82) is 0 Å². The van der Waals surface area contributed by atoms with E-state index >= 15 is 0 Å². The second-order valence-electron chi connectivity index (χ2n) is 3.57. The van der Waals surface area contributed by atoms with Crippen LogP contribution in [-0.2, 0) is 13.5 Å². The SMILES string of the molecule is CNCCc1nc(-c2cccnc2)nn1C. The van der Waals surface area contributed by atoms with Gasteiger partial charge in [0.15, 0.2) is 5.82 Å². The molecule has 0 aliphatic rings. The minimum Gasteiger partial charge on any atom is -0.319 e. The molecular formula is C11H15N5. The van der Waals surface area contributed by atoms with E-state index in [-0.39, 0.29) is 0 Å². The fourth-order valence-electron chi connectivity index (χ4n) is 1.49. The number of nitrogens with zero attached hydrogens (tertiary/aromatic N) is 4. The van der Waals surface area contributed by atoms with Crippen LogP contribution in [0.25, 0.3) is 11.4 Å². The first-order valence-corrected chi connectivity index (χ1v) is 5.26. The lowest BCUT2D eigenvalue weighted by Crippen LogP contribution is -2.13. The smallest absolute Gasteiger partial charge is 0.182 e. The van der Waals surface area contributed by atoms with Gasteiger partial charge in [-0.25, -0.2) is 4.98 Å². The summed E-state index contributed by atoms with van der Waals surface area (Å²) < 4.78 is 1.82. The average Bonchev–Trinajstić information content (AvgIpc) is 2.69. The van der Waals surface area contributed by atoms with E-state index in [1.165, 1.54) is 0 Å². The fourth-order valence-corrected chi connectivity index (χ4v) is 1.49. The van der Waals surface area contributed by atoms with Crippen molar-refractivity contribution in [3.8, 4) is 11.4 Å². The summed E-state index contributed by atoms with van der Waals surface area (Å²) in [5.41, 5.74) is 0.953. The molecule has 2 aromatic heterocycles. The summed E-state index contributed by atoms with van der Waals surface area (Å²) in [6.07, 6.45) is 4.39. The van der Waals surface area contributed by atoms with Crippen molar-refractivity contribution < 1.29 is 0 Å². The van der Waals surface area contributed by atoms with Gasteiger partial charge in [-0.1, -0.05) is 0 Å². The highest BCUT2D eigenvalue weighted by Crippen LogP contribution is 2.13. The van der Waals surface area contributed by atoms with E-state index < -0.39 is 0 Å². The van der Waals surface area contributed by atoms with Crippen molar-refractivity contribution in [2.24, 2.45) is 7.05 Å². The lowest BCUT2D eigenvalue weighted by molar-refractivity contribution is 0.671. The van der Waals surface area contributed by atoms with E-state index in [0.717, 1.165) is 30.2 Å². The Morgan fingerprint density at radius 3 is 3.00 bits per heavy atom. The number of aryl methyl sites for hydroxylation is 1. The van der Waals surface area contributed by atoms with Crippen molar-refractivity contribution >= 4 is 0 Å². The van der Waals surface area contributed by atoms with Crippen LogP contribution in [-0.4, -0.2) is 33.3 Å². The predicted octanol–water partition coefficient (Wildman–Crippen LogP) is 0.639. The highest BCUT2D eigenvalue weighted by molar-refractivity contribution is 5.52. The van der Waals surface area contributed by atoms with Gasteiger partial charge in [-0.3, -0.25) is 9.67 Å². The lowest BCUT2D eigenvalue weighted by atomic mass is 10.3. The second kappa shape index (κ2) is 4.85. The zero-order valence-electron chi connectivity index (χ0n) is 9.51. The highest BCUT2D eigenvalue weighted by Gasteiger charge is 2.08. The molecule has 0 atom stereocenters. The van der Waals surface area contributed by atoms with Crippen LogP contribution in [0, 0.1) is 0 Å². The minimum absolute atomic E-state index is 0.738. The van der Waals surface area contributed by atoms with Gasteiger partial charge in [0, 0.05) is 38.0 Å². The Bertz CT molecular complexity index is 449. The highest BCUT2D eigenvalue weighted by atomic mass is 15.3. The normalized spacial score (nSPS) is 10.6. The minimum atomic E-state index is 0.738. The maximum Gasteiger partial charge on any atom is 0.182 e. The molecule has 2 heterocycles. The van der Waals surface area contributed by atoms with Gasteiger partial charge in [0.2, 0.25) is 0 Å². The van der Waals surface area contributed by atoms with Crippen molar-refractivity contribution in [1.82, 2.24) is 25.1 Å². The molecule has 0 radical (unpaired) electrons. The molecule has 5 nitrogen and oxygen atoms in total. The summed E-state index contributed by atoms with van der Waals surface area (Å²) >= 11 is 0. The van der Waals surface area contributed by atoms with Gasteiger partial charge in [-0.2, -0.15) is 5.10 Å². The third kappa shape index (κ3) is 2.25. The number of aromatic nitrogens is 4. The quantitative estimate of drug-likeness (QED) is 0.816. The zero-order valence-corrected chi connectivity index (χ0v) is 9.51. The standard InChI is InChI=1S/C11H15N5/c1-12-7-5-10-14-11(15-16(10)2)9-4-3-6-13-8-9/h3-4,6,8,12H,5,7H2,1-2H3. The Hall–Kier alpha value is -1.75. The Morgan fingerprint density at radius 2 is 2.31 bits per heavy atom. The van der Waals surface area contributed by atoms with Crippen molar-refractivity contribution in [3.63, 3.8) is 0 Å². The summed E-state index contributed by atoms with van der Waals surface area (Å²) in [5, 5.41) is 7.47. The van der Waals surface area contributed by atoms with E-state index in [9.17, 15) is 0 Å². The Balaban J connectivity index is 2.24.